The van der Waals surface area contributed by atoms with E-state index in [0.717, 1.165) is 10.8 Å². The van der Waals surface area contributed by atoms with Crippen LogP contribution in [0.1, 0.15) is 26.3 Å². The third kappa shape index (κ3) is 2.76. The number of aromatic hydroxyl groups is 1. The van der Waals surface area contributed by atoms with Crippen LogP contribution in [0.15, 0.2) is 18.2 Å². The fraction of sp³-hybridized carbons (Fsp3) is 0.500. The number of hydrogen-bond acceptors (Lipinski definition) is 1. The first-order valence-corrected chi connectivity index (χ1v) is 9.17. The highest BCUT2D eigenvalue weighted by Gasteiger charge is 2.28. The molecule has 0 aliphatic rings. The summed E-state index contributed by atoms with van der Waals surface area (Å²) in [4.78, 5) is 0. The summed E-state index contributed by atoms with van der Waals surface area (Å²) in [6.07, 6.45) is 0. The molecular weight excluding hydrogens is 224 g/mol. The van der Waals surface area contributed by atoms with Crippen LogP contribution in [0.5, 0.6) is 5.75 Å². The molecule has 1 aromatic rings. The van der Waals surface area contributed by atoms with Gasteiger partial charge in [0.05, 0.1) is 0 Å². The minimum atomic E-state index is -1.97. The minimum absolute atomic E-state index is 0.0450. The maximum atomic E-state index is 10.2. The highest BCUT2D eigenvalue weighted by Crippen LogP contribution is 2.30. The number of benzene rings is 1. The second kappa shape index (κ2) is 3.83. The Morgan fingerprint density at radius 3 is 2.13 bits per heavy atom. The van der Waals surface area contributed by atoms with E-state index < -0.39 is 7.38 Å². The maximum absolute atomic E-state index is 10.2. The topological polar surface area (TPSA) is 20.2 Å². The molecule has 0 heterocycles. The van der Waals surface area contributed by atoms with E-state index in [0.29, 0.717) is 5.75 Å². The van der Waals surface area contributed by atoms with Crippen LogP contribution in [-0.4, -0.2) is 12.5 Å². The van der Waals surface area contributed by atoms with Gasteiger partial charge in [0.1, 0.15) is 5.75 Å². The molecule has 3 heteroatoms. The Hall–Kier alpha value is -0.473. The van der Waals surface area contributed by atoms with Crippen molar-refractivity contribution in [1.29, 1.82) is 0 Å². The van der Waals surface area contributed by atoms with Gasteiger partial charge in [0, 0.05) is 0 Å². The van der Waals surface area contributed by atoms with Crippen molar-refractivity contribution in [3.63, 3.8) is 0 Å². The molecule has 0 saturated carbocycles. The van der Waals surface area contributed by atoms with Gasteiger partial charge in [-0.3, -0.25) is 0 Å². The van der Waals surface area contributed by atoms with E-state index >= 15 is 0 Å². The summed E-state index contributed by atoms with van der Waals surface area (Å²) in [6.45, 7) is 10.3. The summed E-state index contributed by atoms with van der Waals surface area (Å²) in [6, 6.07) is 5.88. The third-order valence-corrected chi connectivity index (χ3v) is 4.78. The number of hydrogen-bond donors (Lipinski definition) is 1. The molecule has 0 spiro atoms. The Kier molecular flexibility index (Phi) is 3.22. The molecule has 0 unspecified atom stereocenters. The van der Waals surface area contributed by atoms with E-state index in [-0.39, 0.29) is 5.41 Å². The summed E-state index contributed by atoms with van der Waals surface area (Å²) in [5.41, 5.74) is 0.928. The van der Waals surface area contributed by atoms with E-state index in [1.54, 1.807) is 0 Å². The van der Waals surface area contributed by atoms with Crippen LogP contribution in [-0.2, 0) is 5.41 Å². The average Bonchev–Trinajstić information content (AvgIpc) is 1.99. The molecule has 0 bridgehead atoms. The van der Waals surface area contributed by atoms with Crippen molar-refractivity contribution in [2.75, 3.05) is 0 Å². The van der Waals surface area contributed by atoms with Gasteiger partial charge in [-0.25, -0.2) is 0 Å². The standard InChI is InChI=1S/C12H19ClOSi/c1-12(2,3)9-7-6-8-10(11(9)14)15(4,5)13/h6-8,14H,1-5H3. The van der Waals surface area contributed by atoms with Crippen molar-refractivity contribution in [3.05, 3.63) is 23.8 Å². The van der Waals surface area contributed by atoms with Crippen molar-refractivity contribution in [1.82, 2.24) is 0 Å². The number of phenols is 1. The van der Waals surface area contributed by atoms with E-state index in [4.69, 9.17) is 11.1 Å². The zero-order valence-electron chi connectivity index (χ0n) is 10.1. The predicted octanol–water partition coefficient (Wildman–Crippen LogP) is 3.34. The molecule has 15 heavy (non-hydrogen) atoms. The zero-order valence-corrected chi connectivity index (χ0v) is 11.8. The maximum Gasteiger partial charge on any atom is 0.185 e. The SMILES string of the molecule is CC(C)(C)c1cccc([Si](C)(C)Cl)c1O. The quantitative estimate of drug-likeness (QED) is 0.592. The van der Waals surface area contributed by atoms with Crippen LogP contribution in [0, 0.1) is 0 Å². The average molecular weight is 243 g/mol. The van der Waals surface area contributed by atoms with Crippen LogP contribution >= 0.6 is 11.1 Å². The summed E-state index contributed by atoms with van der Waals surface area (Å²) >= 11 is 6.36. The van der Waals surface area contributed by atoms with Crippen molar-refractivity contribution in [3.8, 4) is 5.75 Å². The first-order valence-electron chi connectivity index (χ1n) is 5.16. The molecule has 0 fully saturated rings. The predicted molar refractivity (Wildman–Crippen MR) is 69.8 cm³/mol. The van der Waals surface area contributed by atoms with Crippen LogP contribution in [0.25, 0.3) is 0 Å². The van der Waals surface area contributed by atoms with Crippen molar-refractivity contribution < 1.29 is 5.11 Å². The highest BCUT2D eigenvalue weighted by atomic mass is 35.6. The highest BCUT2D eigenvalue weighted by molar-refractivity contribution is 7.26. The zero-order chi connectivity index (χ0) is 11.9. The number of halogens is 1. The van der Waals surface area contributed by atoms with Gasteiger partial charge >= 0.3 is 0 Å². The lowest BCUT2D eigenvalue weighted by Crippen LogP contribution is -2.36. The summed E-state index contributed by atoms with van der Waals surface area (Å²) < 4.78 is 0. The first kappa shape index (κ1) is 12.6. The van der Waals surface area contributed by atoms with Crippen LogP contribution in [0.2, 0.25) is 13.1 Å². The lowest BCUT2D eigenvalue weighted by molar-refractivity contribution is 0.450. The normalized spacial score (nSPS) is 12.9. The van der Waals surface area contributed by atoms with E-state index in [1.165, 1.54) is 0 Å². The summed E-state index contributed by atoms with van der Waals surface area (Å²) in [5, 5.41) is 11.1. The molecule has 0 aromatic heterocycles. The van der Waals surface area contributed by atoms with Gasteiger partial charge in [-0.05, 0) is 16.2 Å². The fourth-order valence-corrected chi connectivity index (χ4v) is 3.28. The lowest BCUT2D eigenvalue weighted by Gasteiger charge is -2.24. The van der Waals surface area contributed by atoms with Gasteiger partial charge in [0.15, 0.2) is 7.38 Å². The Labute approximate surface area is 97.8 Å². The van der Waals surface area contributed by atoms with Gasteiger partial charge in [-0.2, -0.15) is 11.1 Å². The molecule has 1 N–H and O–H groups in total. The Bertz CT molecular complexity index is 329. The molecule has 0 radical (unpaired) electrons. The third-order valence-electron chi connectivity index (χ3n) is 2.48. The molecular formula is C12H19ClOSi. The molecule has 84 valence electrons. The van der Waals surface area contributed by atoms with E-state index in [9.17, 15) is 5.11 Å². The van der Waals surface area contributed by atoms with Crippen molar-refractivity contribution in [2.45, 2.75) is 39.3 Å². The van der Waals surface area contributed by atoms with Gasteiger partial charge in [-0.1, -0.05) is 52.1 Å². The second-order valence-electron chi connectivity index (χ2n) is 5.42. The van der Waals surface area contributed by atoms with Crippen LogP contribution in [0.4, 0.5) is 0 Å². The number of rotatable bonds is 1. The summed E-state index contributed by atoms with van der Waals surface area (Å²) in [7, 11) is -1.97. The lowest BCUT2D eigenvalue weighted by atomic mass is 9.86. The van der Waals surface area contributed by atoms with Crippen molar-refractivity contribution in [2.24, 2.45) is 0 Å². The van der Waals surface area contributed by atoms with E-state index in [2.05, 4.69) is 20.8 Å². The molecule has 1 rings (SSSR count). The Morgan fingerprint density at radius 2 is 1.73 bits per heavy atom. The van der Waals surface area contributed by atoms with Crippen LogP contribution in [0.3, 0.4) is 0 Å². The second-order valence-corrected chi connectivity index (χ2v) is 11.7. The molecule has 0 saturated heterocycles. The van der Waals surface area contributed by atoms with Gasteiger partial charge in [0.2, 0.25) is 0 Å². The van der Waals surface area contributed by atoms with Gasteiger partial charge < -0.3 is 5.11 Å². The number of para-hydroxylation sites is 1. The Morgan fingerprint density at radius 1 is 1.20 bits per heavy atom. The molecule has 1 aromatic carbocycles. The molecule has 0 atom stereocenters. The minimum Gasteiger partial charge on any atom is -0.508 e. The van der Waals surface area contributed by atoms with E-state index in [1.807, 2.05) is 31.3 Å². The van der Waals surface area contributed by atoms with Crippen molar-refractivity contribution >= 4 is 23.6 Å². The molecule has 1 nitrogen and oxygen atoms in total. The van der Waals surface area contributed by atoms with Gasteiger partial charge in [0.25, 0.3) is 0 Å². The molecule has 0 amide bonds. The molecule has 0 aliphatic heterocycles. The summed E-state index contributed by atoms with van der Waals surface area (Å²) in [5.74, 6) is 0.386. The fourth-order valence-electron chi connectivity index (χ4n) is 1.63. The first-order chi connectivity index (χ1) is 6.64. The molecule has 0 aliphatic carbocycles. The van der Waals surface area contributed by atoms with Crippen LogP contribution < -0.4 is 5.19 Å². The number of phenolic OH excluding ortho intramolecular Hbond substituents is 1. The largest absolute Gasteiger partial charge is 0.508 e. The smallest absolute Gasteiger partial charge is 0.185 e. The Balaban J connectivity index is 3.37. The monoisotopic (exact) mass is 242 g/mol. The van der Waals surface area contributed by atoms with Gasteiger partial charge in [-0.15, -0.1) is 0 Å².